The molecule has 0 aliphatic carbocycles. The van der Waals surface area contributed by atoms with Crippen molar-refractivity contribution >= 4 is 0 Å². The highest BCUT2D eigenvalue weighted by Crippen LogP contribution is 2.45. The Morgan fingerprint density at radius 3 is 2.11 bits per heavy atom. The summed E-state index contributed by atoms with van der Waals surface area (Å²) in [4.78, 5) is 0. The molecule has 0 aliphatic rings. The summed E-state index contributed by atoms with van der Waals surface area (Å²) in [6.45, 7) is -0.363. The second kappa shape index (κ2) is 5.65. The summed E-state index contributed by atoms with van der Waals surface area (Å²) in [5.74, 6) is -4.86. The van der Waals surface area contributed by atoms with Crippen molar-refractivity contribution in [1.29, 1.82) is 0 Å². The summed E-state index contributed by atoms with van der Waals surface area (Å²) in [5.41, 5.74) is -1.09. The van der Waals surface area contributed by atoms with E-state index >= 15 is 0 Å². The average molecular weight is 267 g/mol. The van der Waals surface area contributed by atoms with Gasteiger partial charge in [0.2, 0.25) is 0 Å². The van der Waals surface area contributed by atoms with Gasteiger partial charge in [-0.25, -0.2) is 5.11 Å². The minimum Gasteiger partial charge on any atom is -0.237 e. The van der Waals surface area contributed by atoms with Crippen LogP contribution in [0.2, 0.25) is 0 Å². The van der Waals surface area contributed by atoms with Gasteiger partial charge in [0, 0.05) is 5.56 Å². The highest BCUT2D eigenvalue weighted by Gasteiger charge is 2.59. The van der Waals surface area contributed by atoms with E-state index in [-0.39, 0.29) is 25.0 Å². The third-order valence-corrected chi connectivity index (χ3v) is 2.55. The van der Waals surface area contributed by atoms with Gasteiger partial charge in [-0.2, -0.15) is 22.0 Å². The van der Waals surface area contributed by atoms with Crippen molar-refractivity contribution in [2.24, 2.45) is 0 Å². The zero-order valence-corrected chi connectivity index (χ0v) is 9.44. The Kier molecular flexibility index (Phi) is 4.67. The number of unbranched alkanes of at least 4 members (excludes halogenated alkanes) is 1. The minimum absolute atomic E-state index is 0.0457. The first-order valence-electron chi connectivity index (χ1n) is 5.41. The maximum Gasteiger partial charge on any atom is 0.458 e. The fourth-order valence-electron chi connectivity index (χ4n) is 1.61. The molecular weight excluding hydrogens is 255 g/mol. The maximum atomic E-state index is 13.2. The van der Waals surface area contributed by atoms with E-state index in [1.54, 1.807) is 0 Å². The summed E-state index contributed by atoms with van der Waals surface area (Å²) in [6, 6.07) is 4.56. The van der Waals surface area contributed by atoms with E-state index in [4.69, 9.17) is 0 Å². The fraction of sp³-hybridized carbons (Fsp3) is 0.500. The van der Waals surface area contributed by atoms with Gasteiger partial charge in [-0.1, -0.05) is 24.3 Å². The summed E-state index contributed by atoms with van der Waals surface area (Å²) in [5, 5.41) is 10.2. The molecule has 6 heteroatoms. The number of benzene rings is 1. The van der Waals surface area contributed by atoms with E-state index in [0.29, 0.717) is 6.42 Å². The van der Waals surface area contributed by atoms with Crippen molar-refractivity contribution < 1.29 is 27.1 Å². The minimum atomic E-state index is -5.61. The Morgan fingerprint density at radius 2 is 1.56 bits per heavy atom. The Labute approximate surface area is 101 Å². The lowest BCUT2D eigenvalue weighted by Gasteiger charge is -2.22. The highest BCUT2D eigenvalue weighted by molar-refractivity contribution is 5.32. The third kappa shape index (κ3) is 3.19. The van der Waals surface area contributed by atoms with E-state index in [1.807, 2.05) is 0 Å². The monoisotopic (exact) mass is 267 g/mol. The standard InChI is InChI=1S/C12H12F5O/c13-11(14,12(15,16)17)10-7-2-1-5-9(10)6-3-4-8-18/h1-2,5,7H,3-4,6,8H2. The topological polar surface area (TPSA) is 19.9 Å². The van der Waals surface area contributed by atoms with Gasteiger partial charge >= 0.3 is 12.1 Å². The summed E-state index contributed by atoms with van der Waals surface area (Å²) >= 11 is 0. The highest BCUT2D eigenvalue weighted by atomic mass is 19.4. The number of hydrogen-bond donors (Lipinski definition) is 0. The third-order valence-electron chi connectivity index (χ3n) is 2.55. The van der Waals surface area contributed by atoms with Crippen molar-refractivity contribution in [3.8, 4) is 0 Å². The van der Waals surface area contributed by atoms with Crippen LogP contribution in [-0.4, -0.2) is 12.8 Å². The molecule has 0 atom stereocenters. The molecule has 0 saturated carbocycles. The molecule has 0 amide bonds. The van der Waals surface area contributed by atoms with Gasteiger partial charge in [0.15, 0.2) is 0 Å². The number of halogens is 5. The molecule has 101 valence electrons. The normalized spacial score (nSPS) is 12.8. The molecule has 1 rings (SSSR count). The molecule has 0 bridgehead atoms. The Balaban J connectivity index is 3.01. The molecule has 0 N–H and O–H groups in total. The average Bonchev–Trinajstić information content (AvgIpc) is 2.28. The van der Waals surface area contributed by atoms with Gasteiger partial charge < -0.3 is 0 Å². The molecule has 1 radical (unpaired) electrons. The van der Waals surface area contributed by atoms with E-state index in [2.05, 4.69) is 0 Å². The molecule has 0 spiro atoms. The van der Waals surface area contributed by atoms with E-state index < -0.39 is 17.7 Å². The predicted octanol–water partition coefficient (Wildman–Crippen LogP) is 4.09. The number of hydrogen-bond acceptors (Lipinski definition) is 0. The molecule has 1 nitrogen and oxygen atoms in total. The van der Waals surface area contributed by atoms with Crippen LogP contribution in [0.25, 0.3) is 0 Å². The smallest absolute Gasteiger partial charge is 0.237 e. The molecule has 0 saturated heterocycles. The number of alkyl halides is 5. The van der Waals surface area contributed by atoms with Gasteiger partial charge in [0.1, 0.15) is 0 Å². The van der Waals surface area contributed by atoms with Crippen LogP contribution >= 0.6 is 0 Å². The first-order valence-corrected chi connectivity index (χ1v) is 5.41. The van der Waals surface area contributed by atoms with Crippen molar-refractivity contribution in [1.82, 2.24) is 0 Å². The zero-order chi connectivity index (χ0) is 13.8. The fourth-order valence-corrected chi connectivity index (χ4v) is 1.61. The lowest BCUT2D eigenvalue weighted by atomic mass is 9.97. The van der Waals surface area contributed by atoms with Crippen LogP contribution in [0.15, 0.2) is 24.3 Å². The van der Waals surface area contributed by atoms with Gasteiger partial charge in [-0.05, 0) is 24.8 Å². The van der Waals surface area contributed by atoms with Crippen LogP contribution in [0.4, 0.5) is 22.0 Å². The lowest BCUT2D eigenvalue weighted by molar-refractivity contribution is -0.289. The van der Waals surface area contributed by atoms with Gasteiger partial charge in [-0.3, -0.25) is 0 Å². The van der Waals surface area contributed by atoms with Gasteiger partial charge in [0.25, 0.3) is 0 Å². The van der Waals surface area contributed by atoms with Crippen molar-refractivity contribution in [2.45, 2.75) is 31.4 Å². The molecule has 0 aromatic heterocycles. The second-order valence-electron chi connectivity index (χ2n) is 3.89. The molecule has 18 heavy (non-hydrogen) atoms. The predicted molar refractivity (Wildman–Crippen MR) is 54.9 cm³/mol. The first-order chi connectivity index (χ1) is 8.30. The van der Waals surface area contributed by atoms with Gasteiger partial charge in [0.05, 0.1) is 6.61 Å². The molecule has 0 unspecified atom stereocenters. The largest absolute Gasteiger partial charge is 0.458 e. The van der Waals surface area contributed by atoms with E-state index in [9.17, 15) is 27.1 Å². The van der Waals surface area contributed by atoms with E-state index in [0.717, 1.165) is 12.1 Å². The molecule has 0 heterocycles. The lowest BCUT2D eigenvalue weighted by Crippen LogP contribution is -2.34. The van der Waals surface area contributed by atoms with Gasteiger partial charge in [-0.15, -0.1) is 0 Å². The summed E-state index contributed by atoms with van der Waals surface area (Å²) < 4.78 is 63.4. The van der Waals surface area contributed by atoms with Crippen LogP contribution in [-0.2, 0) is 17.4 Å². The maximum absolute atomic E-state index is 13.2. The molecule has 0 fully saturated rings. The zero-order valence-electron chi connectivity index (χ0n) is 9.44. The van der Waals surface area contributed by atoms with Crippen molar-refractivity contribution in [2.75, 3.05) is 6.61 Å². The van der Waals surface area contributed by atoms with Crippen molar-refractivity contribution in [3.05, 3.63) is 35.4 Å². The van der Waals surface area contributed by atoms with Crippen molar-refractivity contribution in [3.63, 3.8) is 0 Å². The molecule has 1 aromatic carbocycles. The number of rotatable bonds is 5. The van der Waals surface area contributed by atoms with Crippen LogP contribution in [0.1, 0.15) is 24.0 Å². The second-order valence-corrected chi connectivity index (χ2v) is 3.89. The first kappa shape index (κ1) is 14.9. The van der Waals surface area contributed by atoms with Crippen LogP contribution < -0.4 is 0 Å². The summed E-state index contributed by atoms with van der Waals surface area (Å²) in [6.07, 6.45) is -5.01. The van der Waals surface area contributed by atoms with Crippen LogP contribution in [0, 0.1) is 0 Å². The SMILES string of the molecule is [O]CCCCc1ccccc1C(F)(F)C(F)(F)F. The molecule has 1 aromatic rings. The Hall–Kier alpha value is -1.17. The van der Waals surface area contributed by atoms with E-state index in [1.165, 1.54) is 12.1 Å². The summed E-state index contributed by atoms with van der Waals surface area (Å²) in [7, 11) is 0. The number of aryl methyl sites for hydroxylation is 1. The molecular formula is C12H12F5O. The Bertz CT molecular complexity index is 386. The quantitative estimate of drug-likeness (QED) is 0.565. The van der Waals surface area contributed by atoms with Crippen LogP contribution in [0.5, 0.6) is 0 Å². The van der Waals surface area contributed by atoms with Crippen LogP contribution in [0.3, 0.4) is 0 Å². The molecule has 0 aliphatic heterocycles. The Morgan fingerprint density at radius 1 is 0.944 bits per heavy atom.